The van der Waals surface area contributed by atoms with E-state index in [1.54, 1.807) is 5.57 Å². The highest BCUT2D eigenvalue weighted by Gasteiger charge is 2.20. The maximum atomic E-state index is 3.69. The number of thiophene rings is 1. The van der Waals surface area contributed by atoms with Gasteiger partial charge in [0.2, 0.25) is 0 Å². The lowest BCUT2D eigenvalue weighted by molar-refractivity contribution is 0.578. The van der Waals surface area contributed by atoms with Crippen LogP contribution in [0.2, 0.25) is 0 Å². The molecule has 1 N–H and O–H groups in total. The van der Waals surface area contributed by atoms with E-state index < -0.39 is 0 Å². The zero-order chi connectivity index (χ0) is 11.4. The predicted octanol–water partition coefficient (Wildman–Crippen LogP) is 4.21. The zero-order valence-electron chi connectivity index (χ0n) is 10.3. The molecule has 0 bridgehead atoms. The summed E-state index contributed by atoms with van der Waals surface area (Å²) in [6.07, 6.45) is 7.51. The second-order valence-corrected chi connectivity index (χ2v) is 5.31. The van der Waals surface area contributed by atoms with Crippen LogP contribution in [-0.2, 0) is 0 Å². The molecule has 0 saturated carbocycles. The van der Waals surface area contributed by atoms with Gasteiger partial charge in [-0.1, -0.05) is 18.6 Å². The summed E-state index contributed by atoms with van der Waals surface area (Å²) in [5.74, 6) is 0. The first-order valence-corrected chi connectivity index (χ1v) is 7.22. The largest absolute Gasteiger partial charge is 0.307 e. The summed E-state index contributed by atoms with van der Waals surface area (Å²) in [4.78, 5) is 0. The second-order valence-electron chi connectivity index (χ2n) is 4.57. The van der Waals surface area contributed by atoms with Gasteiger partial charge in [0, 0.05) is 0 Å². The average Bonchev–Trinajstić information content (AvgIpc) is 2.91. The van der Waals surface area contributed by atoms with Gasteiger partial charge in [-0.3, -0.25) is 0 Å². The molecule has 0 amide bonds. The second kappa shape index (κ2) is 5.65. The molecule has 1 nitrogen and oxygen atoms in total. The number of nitrogens with one attached hydrogen (secondary N) is 1. The molecule has 1 unspecified atom stereocenters. The van der Waals surface area contributed by atoms with Crippen LogP contribution in [-0.4, -0.2) is 6.54 Å². The average molecular weight is 235 g/mol. The van der Waals surface area contributed by atoms with Crippen LogP contribution in [0.5, 0.6) is 0 Å². The number of rotatable bonds is 5. The summed E-state index contributed by atoms with van der Waals surface area (Å²) < 4.78 is 0. The van der Waals surface area contributed by atoms with Crippen molar-refractivity contribution < 1.29 is 0 Å². The smallest absolute Gasteiger partial charge is 0.0546 e. The summed E-state index contributed by atoms with van der Waals surface area (Å²) in [5.41, 5.74) is 4.54. The lowest BCUT2D eigenvalue weighted by atomic mass is 9.98. The van der Waals surface area contributed by atoms with E-state index in [0.29, 0.717) is 6.04 Å². The van der Waals surface area contributed by atoms with E-state index in [0.717, 1.165) is 6.54 Å². The minimum absolute atomic E-state index is 0.480. The fraction of sp³-hybridized carbons (Fsp3) is 0.571. The van der Waals surface area contributed by atoms with Gasteiger partial charge in [0.05, 0.1) is 6.04 Å². The van der Waals surface area contributed by atoms with Gasteiger partial charge < -0.3 is 5.32 Å². The summed E-state index contributed by atoms with van der Waals surface area (Å²) in [7, 11) is 0. The number of hydrogen-bond acceptors (Lipinski definition) is 2. The fourth-order valence-corrected chi connectivity index (χ4v) is 3.23. The first kappa shape index (κ1) is 11.9. The highest BCUT2D eigenvalue weighted by atomic mass is 32.1. The maximum Gasteiger partial charge on any atom is 0.0546 e. The Morgan fingerprint density at radius 1 is 1.44 bits per heavy atom. The Morgan fingerprint density at radius 3 is 2.88 bits per heavy atom. The Kier molecular flexibility index (Phi) is 4.19. The molecular formula is C14H21NS. The van der Waals surface area contributed by atoms with Crippen molar-refractivity contribution >= 4 is 11.3 Å². The zero-order valence-corrected chi connectivity index (χ0v) is 11.1. The molecule has 0 saturated heterocycles. The lowest BCUT2D eigenvalue weighted by Gasteiger charge is -2.20. The molecular weight excluding hydrogens is 214 g/mol. The van der Waals surface area contributed by atoms with Gasteiger partial charge in [0.1, 0.15) is 0 Å². The molecule has 0 spiro atoms. The molecule has 1 atom stereocenters. The predicted molar refractivity (Wildman–Crippen MR) is 72.0 cm³/mol. The molecule has 16 heavy (non-hydrogen) atoms. The van der Waals surface area contributed by atoms with Crippen LogP contribution in [0.4, 0.5) is 0 Å². The van der Waals surface area contributed by atoms with E-state index in [-0.39, 0.29) is 0 Å². The van der Waals surface area contributed by atoms with E-state index in [4.69, 9.17) is 0 Å². The molecule has 2 rings (SSSR count). The van der Waals surface area contributed by atoms with Crippen LogP contribution in [0.1, 0.15) is 49.8 Å². The van der Waals surface area contributed by atoms with E-state index in [1.165, 1.54) is 36.8 Å². The molecule has 1 aromatic heterocycles. The van der Waals surface area contributed by atoms with Crippen LogP contribution >= 0.6 is 11.3 Å². The monoisotopic (exact) mass is 235 g/mol. The van der Waals surface area contributed by atoms with Crippen molar-refractivity contribution in [3.8, 4) is 0 Å². The summed E-state index contributed by atoms with van der Waals surface area (Å²) in [6, 6.07) is 0.480. The first-order chi connectivity index (χ1) is 7.83. The van der Waals surface area contributed by atoms with E-state index in [2.05, 4.69) is 36.0 Å². The van der Waals surface area contributed by atoms with Gasteiger partial charge in [0.25, 0.3) is 0 Å². The number of aryl methyl sites for hydroxylation is 1. The summed E-state index contributed by atoms with van der Waals surface area (Å²) in [5, 5.41) is 8.26. The van der Waals surface area contributed by atoms with Gasteiger partial charge in [-0.2, -0.15) is 11.3 Å². The Labute approximate surface area is 103 Å². The topological polar surface area (TPSA) is 12.0 Å². The third kappa shape index (κ3) is 2.55. The molecule has 1 aliphatic rings. The van der Waals surface area contributed by atoms with Crippen LogP contribution in [0.25, 0.3) is 0 Å². The van der Waals surface area contributed by atoms with Gasteiger partial charge in [-0.15, -0.1) is 0 Å². The van der Waals surface area contributed by atoms with Gasteiger partial charge in [0.15, 0.2) is 0 Å². The standard InChI is InChI=1S/C14H21NS/c1-3-8-15-14(12-6-4-5-7-12)13-10-16-9-11(13)2/h6,9-10,14-15H,3-5,7-8H2,1-2H3. The molecule has 0 radical (unpaired) electrons. The van der Waals surface area contributed by atoms with Crippen molar-refractivity contribution in [2.24, 2.45) is 0 Å². The molecule has 1 heterocycles. The Hall–Kier alpha value is -0.600. The van der Waals surface area contributed by atoms with E-state index in [9.17, 15) is 0 Å². The number of hydrogen-bond donors (Lipinski definition) is 1. The van der Waals surface area contributed by atoms with Crippen molar-refractivity contribution in [2.45, 2.75) is 45.6 Å². The Bertz CT molecular complexity index is 365. The lowest BCUT2D eigenvalue weighted by Crippen LogP contribution is -2.23. The van der Waals surface area contributed by atoms with Crippen molar-refractivity contribution in [3.63, 3.8) is 0 Å². The summed E-state index contributed by atoms with van der Waals surface area (Å²) >= 11 is 1.82. The Balaban J connectivity index is 2.17. The van der Waals surface area contributed by atoms with Gasteiger partial charge >= 0.3 is 0 Å². The Morgan fingerprint density at radius 2 is 2.31 bits per heavy atom. The van der Waals surface area contributed by atoms with E-state index >= 15 is 0 Å². The molecule has 88 valence electrons. The van der Waals surface area contributed by atoms with Crippen molar-refractivity contribution in [3.05, 3.63) is 33.5 Å². The highest BCUT2D eigenvalue weighted by Crippen LogP contribution is 2.33. The van der Waals surface area contributed by atoms with Crippen LogP contribution < -0.4 is 5.32 Å². The third-order valence-corrected chi connectivity index (χ3v) is 4.13. The fourth-order valence-electron chi connectivity index (χ4n) is 2.35. The molecule has 2 heteroatoms. The first-order valence-electron chi connectivity index (χ1n) is 6.28. The van der Waals surface area contributed by atoms with Gasteiger partial charge in [-0.25, -0.2) is 0 Å². The van der Waals surface area contributed by atoms with Gasteiger partial charge in [-0.05, 0) is 61.0 Å². The van der Waals surface area contributed by atoms with Crippen LogP contribution in [0.3, 0.4) is 0 Å². The normalized spacial score (nSPS) is 17.5. The van der Waals surface area contributed by atoms with Crippen molar-refractivity contribution in [2.75, 3.05) is 6.54 Å². The highest BCUT2D eigenvalue weighted by molar-refractivity contribution is 7.08. The number of allylic oxidation sites excluding steroid dienone is 1. The minimum Gasteiger partial charge on any atom is -0.307 e. The molecule has 1 aromatic rings. The van der Waals surface area contributed by atoms with Crippen molar-refractivity contribution in [1.82, 2.24) is 5.32 Å². The minimum atomic E-state index is 0.480. The van der Waals surface area contributed by atoms with Crippen molar-refractivity contribution in [1.29, 1.82) is 0 Å². The molecule has 0 fully saturated rings. The molecule has 0 aliphatic heterocycles. The quantitative estimate of drug-likeness (QED) is 0.754. The SMILES string of the molecule is CCCNC(C1=CCCC1)c1cscc1C. The third-order valence-electron chi connectivity index (χ3n) is 3.25. The van der Waals surface area contributed by atoms with Crippen LogP contribution in [0, 0.1) is 6.92 Å². The summed E-state index contributed by atoms with van der Waals surface area (Å²) in [6.45, 7) is 5.56. The molecule has 1 aliphatic carbocycles. The van der Waals surface area contributed by atoms with E-state index in [1.807, 2.05) is 11.3 Å². The molecule has 0 aromatic carbocycles. The van der Waals surface area contributed by atoms with Crippen LogP contribution in [0.15, 0.2) is 22.4 Å². The maximum absolute atomic E-state index is 3.69.